The Morgan fingerprint density at radius 1 is 0.679 bits per heavy atom. The predicted molar refractivity (Wildman–Crippen MR) is 221 cm³/mol. The van der Waals surface area contributed by atoms with E-state index in [-0.39, 0.29) is 32.8 Å². The van der Waals surface area contributed by atoms with E-state index in [0.717, 1.165) is 51.4 Å². The summed E-state index contributed by atoms with van der Waals surface area (Å²) in [5.41, 5.74) is 5.35. The number of hydrogen-bond acceptors (Lipinski definition) is 8. The average molecular weight is 766 g/mol. The van der Waals surface area contributed by atoms with Crippen molar-refractivity contribution in [3.63, 3.8) is 0 Å². The van der Waals surface area contributed by atoms with Gasteiger partial charge in [0.05, 0.1) is 25.9 Å². The molecule has 0 heterocycles. The van der Waals surface area contributed by atoms with Crippen LogP contribution in [0.1, 0.15) is 149 Å². The SMILES string of the molecule is CC/C=C\C/C=C\C/C=C\C/C=C\C=C\C(O)CCCC(=O)OC(COCCCCCCCC/C=C\CCCCCCCC)COP(=O)(O)OCCN. The van der Waals surface area contributed by atoms with Crippen LogP contribution in [-0.2, 0) is 27.9 Å². The molecule has 0 bridgehead atoms. The number of esters is 1. The molecule has 0 aliphatic rings. The van der Waals surface area contributed by atoms with Crippen molar-refractivity contribution in [3.8, 4) is 0 Å². The van der Waals surface area contributed by atoms with Gasteiger partial charge in [-0.25, -0.2) is 4.57 Å². The van der Waals surface area contributed by atoms with Crippen LogP contribution in [0.2, 0.25) is 0 Å². The minimum absolute atomic E-state index is 0.0356. The Morgan fingerprint density at radius 3 is 1.89 bits per heavy atom. The molecule has 4 N–H and O–H groups in total. The summed E-state index contributed by atoms with van der Waals surface area (Å²) in [4.78, 5) is 22.4. The largest absolute Gasteiger partial charge is 0.472 e. The first-order valence-electron chi connectivity index (χ1n) is 20.5. The number of phosphoric ester groups is 1. The molecule has 0 fully saturated rings. The van der Waals surface area contributed by atoms with Crippen LogP contribution in [0.25, 0.3) is 0 Å². The van der Waals surface area contributed by atoms with Gasteiger partial charge >= 0.3 is 13.8 Å². The quantitative estimate of drug-likeness (QED) is 0.0184. The molecule has 3 atom stereocenters. The third-order valence-electron chi connectivity index (χ3n) is 8.21. The van der Waals surface area contributed by atoms with Crippen LogP contribution in [-0.4, -0.2) is 61.1 Å². The fourth-order valence-corrected chi connectivity index (χ4v) is 5.96. The number of unbranched alkanes of at least 4 members (excludes halogenated alkanes) is 12. The fraction of sp³-hybridized carbons (Fsp3) is 0.698. The van der Waals surface area contributed by atoms with Crippen LogP contribution in [0.5, 0.6) is 0 Å². The Labute approximate surface area is 323 Å². The summed E-state index contributed by atoms with van der Waals surface area (Å²) >= 11 is 0. The summed E-state index contributed by atoms with van der Waals surface area (Å²) in [6.45, 7) is 4.49. The van der Waals surface area contributed by atoms with E-state index in [0.29, 0.717) is 19.4 Å². The van der Waals surface area contributed by atoms with Crippen molar-refractivity contribution in [2.24, 2.45) is 5.73 Å². The molecule has 0 rings (SSSR count). The lowest BCUT2D eigenvalue weighted by atomic mass is 10.1. The monoisotopic (exact) mass is 766 g/mol. The number of allylic oxidation sites excluding steroid dienone is 11. The molecule has 0 saturated heterocycles. The number of hydrogen-bond donors (Lipinski definition) is 3. The van der Waals surface area contributed by atoms with Gasteiger partial charge in [0, 0.05) is 19.6 Å². The zero-order valence-corrected chi connectivity index (χ0v) is 34.2. The third-order valence-corrected chi connectivity index (χ3v) is 9.20. The molecule has 0 amide bonds. The topological polar surface area (TPSA) is 138 Å². The smallest absolute Gasteiger partial charge is 0.457 e. The highest BCUT2D eigenvalue weighted by Crippen LogP contribution is 2.43. The molecule has 9 nitrogen and oxygen atoms in total. The number of phosphoric acid groups is 1. The maximum absolute atomic E-state index is 12.6. The first-order chi connectivity index (χ1) is 25.8. The number of carbonyl (C=O) groups is 1. The average Bonchev–Trinajstić information content (AvgIpc) is 3.14. The van der Waals surface area contributed by atoms with Gasteiger partial charge in [0.15, 0.2) is 0 Å². The number of aliphatic hydroxyl groups is 1. The zero-order chi connectivity index (χ0) is 38.9. The van der Waals surface area contributed by atoms with Gasteiger partial charge in [-0.15, -0.1) is 0 Å². The minimum Gasteiger partial charge on any atom is -0.457 e. The Morgan fingerprint density at radius 2 is 1.26 bits per heavy atom. The molecule has 0 aromatic carbocycles. The predicted octanol–water partition coefficient (Wildman–Crippen LogP) is 10.9. The van der Waals surface area contributed by atoms with Crippen LogP contribution < -0.4 is 5.73 Å². The van der Waals surface area contributed by atoms with Gasteiger partial charge in [-0.05, 0) is 70.6 Å². The molecular formula is C43H76NO8P. The summed E-state index contributed by atoms with van der Waals surface area (Å²) in [7, 11) is -4.33. The second-order valence-electron chi connectivity index (χ2n) is 13.3. The molecule has 3 unspecified atom stereocenters. The van der Waals surface area contributed by atoms with Gasteiger partial charge in [0.1, 0.15) is 6.10 Å². The van der Waals surface area contributed by atoms with Gasteiger partial charge in [0.2, 0.25) is 0 Å². The van der Waals surface area contributed by atoms with Crippen LogP contribution in [0.3, 0.4) is 0 Å². The van der Waals surface area contributed by atoms with Crippen LogP contribution in [0, 0.1) is 0 Å². The third kappa shape index (κ3) is 39.4. The van der Waals surface area contributed by atoms with E-state index in [1.54, 1.807) is 12.2 Å². The number of ether oxygens (including phenoxy) is 2. The summed E-state index contributed by atoms with van der Waals surface area (Å²) in [5.74, 6) is -0.495. The molecule has 306 valence electrons. The Hall–Kier alpha value is -2.10. The molecule has 0 saturated carbocycles. The van der Waals surface area contributed by atoms with E-state index < -0.39 is 26.0 Å². The van der Waals surface area contributed by atoms with E-state index in [9.17, 15) is 19.4 Å². The highest BCUT2D eigenvalue weighted by Gasteiger charge is 2.25. The summed E-state index contributed by atoms with van der Waals surface area (Å²) in [6, 6.07) is 0. The highest BCUT2D eigenvalue weighted by molar-refractivity contribution is 7.47. The maximum atomic E-state index is 12.6. The standard InChI is InChI=1S/C43H76NO8P/c1-3-5-7-9-11-13-15-17-18-19-21-23-25-27-29-31-37-49-39-42(40-51-53(47,48)50-38-36-44)52-43(46)35-32-34-41(45)33-30-28-26-24-22-20-16-14-12-10-8-6-4-2/h6,8,12,14,17-18,20,22,26,28,30,33,41-42,45H,3-5,7,9-11,13,15-16,19,21,23-25,27,29,31-32,34-40,44H2,1-2H3,(H,47,48)/b8-6-,14-12-,18-17-,22-20-,28-26-,33-30+. The Balaban J connectivity index is 4.30. The van der Waals surface area contributed by atoms with Crippen LogP contribution in [0.4, 0.5) is 0 Å². The van der Waals surface area contributed by atoms with Gasteiger partial charge in [-0.2, -0.15) is 0 Å². The van der Waals surface area contributed by atoms with E-state index in [1.807, 2.05) is 12.2 Å². The second kappa shape index (κ2) is 39.6. The molecular weight excluding hydrogens is 689 g/mol. The number of rotatable bonds is 38. The van der Waals surface area contributed by atoms with Crippen LogP contribution in [0.15, 0.2) is 72.9 Å². The molecule has 0 aliphatic heterocycles. The summed E-state index contributed by atoms with van der Waals surface area (Å²) in [6.07, 6.45) is 45.2. The van der Waals surface area contributed by atoms with Crippen molar-refractivity contribution >= 4 is 13.8 Å². The Kier molecular flexibility index (Phi) is 38.0. The van der Waals surface area contributed by atoms with E-state index >= 15 is 0 Å². The normalized spacial score (nSPS) is 14.9. The molecule has 10 heteroatoms. The maximum Gasteiger partial charge on any atom is 0.472 e. The highest BCUT2D eigenvalue weighted by atomic mass is 31.2. The number of carbonyl (C=O) groups excluding carboxylic acids is 1. The molecule has 0 spiro atoms. The van der Waals surface area contributed by atoms with Crippen molar-refractivity contribution in [3.05, 3.63) is 72.9 Å². The van der Waals surface area contributed by atoms with Crippen molar-refractivity contribution < 1.29 is 37.9 Å². The lowest BCUT2D eigenvalue weighted by Gasteiger charge is -2.20. The van der Waals surface area contributed by atoms with Gasteiger partial charge in [0.25, 0.3) is 0 Å². The Bertz CT molecular complexity index is 1050. The first kappa shape index (κ1) is 50.9. The lowest BCUT2D eigenvalue weighted by Crippen LogP contribution is -2.28. The minimum atomic E-state index is -4.33. The van der Waals surface area contributed by atoms with E-state index in [2.05, 4.69) is 62.5 Å². The summed E-state index contributed by atoms with van der Waals surface area (Å²) < 4.78 is 33.2. The van der Waals surface area contributed by atoms with Gasteiger partial charge in [-0.1, -0.05) is 145 Å². The molecule has 0 aromatic rings. The summed E-state index contributed by atoms with van der Waals surface area (Å²) in [5, 5.41) is 10.3. The van der Waals surface area contributed by atoms with E-state index in [1.165, 1.54) is 64.2 Å². The number of aliphatic hydroxyl groups excluding tert-OH is 1. The second-order valence-corrected chi connectivity index (χ2v) is 14.8. The lowest BCUT2D eigenvalue weighted by molar-refractivity contribution is -0.154. The van der Waals surface area contributed by atoms with E-state index in [4.69, 9.17) is 24.3 Å². The first-order valence-corrected chi connectivity index (χ1v) is 22.0. The molecule has 0 aromatic heterocycles. The van der Waals surface area contributed by atoms with Crippen molar-refractivity contribution in [1.29, 1.82) is 0 Å². The van der Waals surface area contributed by atoms with Crippen LogP contribution >= 0.6 is 7.82 Å². The molecule has 53 heavy (non-hydrogen) atoms. The van der Waals surface area contributed by atoms with Crippen molar-refractivity contribution in [1.82, 2.24) is 0 Å². The van der Waals surface area contributed by atoms with Crippen molar-refractivity contribution in [2.75, 3.05) is 33.0 Å². The van der Waals surface area contributed by atoms with Crippen molar-refractivity contribution in [2.45, 2.75) is 161 Å². The number of nitrogens with two attached hydrogens (primary N) is 1. The zero-order valence-electron chi connectivity index (χ0n) is 33.3. The molecule has 0 aliphatic carbocycles. The van der Waals surface area contributed by atoms with Gasteiger partial charge < -0.3 is 25.2 Å². The fourth-order valence-electron chi connectivity index (χ4n) is 5.19. The van der Waals surface area contributed by atoms with Gasteiger partial charge in [-0.3, -0.25) is 13.8 Å². The molecule has 0 radical (unpaired) electrons.